The second kappa shape index (κ2) is 6.58. The number of nitrogens with zero attached hydrogens (tertiary/aromatic N) is 8. The summed E-state index contributed by atoms with van der Waals surface area (Å²) < 4.78 is 1.82. The predicted octanol–water partition coefficient (Wildman–Crippen LogP) is 0.681. The van der Waals surface area contributed by atoms with Gasteiger partial charge in [0.15, 0.2) is 0 Å². The molecule has 1 fully saturated rings. The molecule has 0 aliphatic carbocycles. The summed E-state index contributed by atoms with van der Waals surface area (Å²) in [6.45, 7) is 1.76. The molecule has 3 aromatic rings. The Bertz CT molecular complexity index is 878. The Morgan fingerprint density at radius 2 is 1.85 bits per heavy atom. The van der Waals surface area contributed by atoms with Crippen LogP contribution in [0.15, 0.2) is 42.9 Å². The first-order valence-electron chi connectivity index (χ1n) is 8.41. The number of aromatic nitrogens is 6. The van der Waals surface area contributed by atoms with Crippen LogP contribution in [-0.2, 0) is 6.54 Å². The van der Waals surface area contributed by atoms with Crippen LogP contribution < -0.4 is 4.90 Å². The zero-order valence-electron chi connectivity index (χ0n) is 14.7. The van der Waals surface area contributed by atoms with Gasteiger partial charge >= 0.3 is 0 Å². The lowest BCUT2D eigenvalue weighted by Crippen LogP contribution is -2.50. The minimum absolute atomic E-state index is 0.0487. The maximum Gasteiger partial charge on any atom is 0.254 e. The molecule has 0 saturated carbocycles. The maximum atomic E-state index is 12.5. The number of hydrogen-bond donors (Lipinski definition) is 0. The SMILES string of the molecule is CN(C)c1ccc(C(=O)N2CC(n3cc(Cn4nccn4)nn3)C2)cc1. The van der Waals surface area contributed by atoms with Crippen LogP contribution in [0.5, 0.6) is 0 Å². The molecular formula is C17H20N8O. The van der Waals surface area contributed by atoms with Gasteiger partial charge < -0.3 is 9.80 Å². The molecule has 0 radical (unpaired) electrons. The Hall–Kier alpha value is -3.23. The van der Waals surface area contributed by atoms with Crippen molar-refractivity contribution in [3.05, 3.63) is 54.1 Å². The first-order valence-corrected chi connectivity index (χ1v) is 8.41. The third kappa shape index (κ3) is 3.15. The summed E-state index contributed by atoms with van der Waals surface area (Å²) >= 11 is 0. The fourth-order valence-electron chi connectivity index (χ4n) is 2.91. The molecule has 26 heavy (non-hydrogen) atoms. The highest BCUT2D eigenvalue weighted by atomic mass is 16.2. The van der Waals surface area contributed by atoms with Crippen LogP contribution in [-0.4, -0.2) is 68.0 Å². The molecule has 134 valence electrons. The third-order valence-electron chi connectivity index (χ3n) is 4.48. The Morgan fingerprint density at radius 3 is 2.50 bits per heavy atom. The van der Waals surface area contributed by atoms with Gasteiger partial charge in [0.1, 0.15) is 12.2 Å². The van der Waals surface area contributed by atoms with Crippen LogP contribution in [0.4, 0.5) is 5.69 Å². The molecule has 1 aliphatic heterocycles. The van der Waals surface area contributed by atoms with Gasteiger partial charge in [0.25, 0.3) is 5.91 Å². The van der Waals surface area contributed by atoms with Gasteiger partial charge in [0.2, 0.25) is 0 Å². The number of rotatable bonds is 5. The topological polar surface area (TPSA) is 85.0 Å². The summed E-state index contributed by atoms with van der Waals surface area (Å²) in [6.07, 6.45) is 5.15. The van der Waals surface area contributed by atoms with Gasteiger partial charge in [-0.15, -0.1) is 5.10 Å². The molecule has 4 rings (SSSR count). The molecule has 1 saturated heterocycles. The molecular weight excluding hydrogens is 332 g/mol. The zero-order valence-corrected chi connectivity index (χ0v) is 14.7. The Morgan fingerprint density at radius 1 is 1.15 bits per heavy atom. The van der Waals surface area contributed by atoms with E-state index in [0.717, 1.165) is 11.4 Å². The summed E-state index contributed by atoms with van der Waals surface area (Å²) in [5, 5.41) is 16.4. The number of likely N-dealkylation sites (tertiary alicyclic amines) is 1. The van der Waals surface area contributed by atoms with Crippen molar-refractivity contribution >= 4 is 11.6 Å². The highest BCUT2D eigenvalue weighted by Crippen LogP contribution is 2.23. The normalized spacial score (nSPS) is 14.3. The van der Waals surface area contributed by atoms with Crippen molar-refractivity contribution in [1.82, 2.24) is 34.9 Å². The molecule has 0 atom stereocenters. The van der Waals surface area contributed by atoms with Crippen LogP contribution >= 0.6 is 0 Å². The third-order valence-corrected chi connectivity index (χ3v) is 4.48. The predicted molar refractivity (Wildman–Crippen MR) is 94.9 cm³/mol. The van der Waals surface area contributed by atoms with Gasteiger partial charge in [-0.3, -0.25) is 4.79 Å². The van der Waals surface area contributed by atoms with Crippen molar-refractivity contribution in [3.8, 4) is 0 Å². The second-order valence-corrected chi connectivity index (χ2v) is 6.55. The average molecular weight is 352 g/mol. The Labute approximate surface area is 150 Å². The van der Waals surface area contributed by atoms with Crippen molar-refractivity contribution in [3.63, 3.8) is 0 Å². The molecule has 0 N–H and O–H groups in total. The second-order valence-electron chi connectivity index (χ2n) is 6.55. The number of benzene rings is 1. The van der Waals surface area contributed by atoms with Crippen LogP contribution in [0.25, 0.3) is 0 Å². The number of amides is 1. The molecule has 1 aromatic carbocycles. The van der Waals surface area contributed by atoms with Crippen molar-refractivity contribution in [2.75, 3.05) is 32.1 Å². The molecule has 1 amide bonds. The van der Waals surface area contributed by atoms with Crippen molar-refractivity contribution in [2.24, 2.45) is 0 Å². The molecule has 9 heteroatoms. The van der Waals surface area contributed by atoms with Crippen molar-refractivity contribution < 1.29 is 4.79 Å². The smallest absolute Gasteiger partial charge is 0.254 e. The molecule has 0 bridgehead atoms. The van der Waals surface area contributed by atoms with E-state index >= 15 is 0 Å². The standard InChI is InChI=1S/C17H20N8O/c1-22(2)15-5-3-13(4-6-15)17(26)23-11-16(12-23)24-9-14(20-21-24)10-25-18-7-8-19-25/h3-9,16H,10-12H2,1-2H3. The van der Waals surface area contributed by atoms with E-state index in [2.05, 4.69) is 20.5 Å². The summed E-state index contributed by atoms with van der Waals surface area (Å²) in [7, 11) is 3.96. The van der Waals surface area contributed by atoms with Gasteiger partial charge in [-0.25, -0.2) is 4.68 Å². The van der Waals surface area contributed by atoms with E-state index in [9.17, 15) is 4.79 Å². The summed E-state index contributed by atoms with van der Waals surface area (Å²) in [4.78, 5) is 17.9. The minimum atomic E-state index is 0.0487. The number of anilines is 1. The van der Waals surface area contributed by atoms with Crippen LogP contribution in [0.2, 0.25) is 0 Å². The molecule has 1 aliphatic rings. The first-order chi connectivity index (χ1) is 12.6. The first kappa shape index (κ1) is 16.2. The van der Waals surface area contributed by atoms with E-state index in [1.165, 1.54) is 0 Å². The van der Waals surface area contributed by atoms with E-state index in [1.54, 1.807) is 17.2 Å². The fraction of sp³-hybridized carbons (Fsp3) is 0.353. The van der Waals surface area contributed by atoms with Crippen LogP contribution in [0, 0.1) is 0 Å². The summed E-state index contributed by atoms with van der Waals surface area (Å²) in [6, 6.07) is 7.81. The number of hydrogen-bond acceptors (Lipinski definition) is 6. The highest BCUT2D eigenvalue weighted by Gasteiger charge is 2.33. The van der Waals surface area contributed by atoms with Crippen molar-refractivity contribution in [2.45, 2.75) is 12.6 Å². The average Bonchev–Trinajstić information content (AvgIpc) is 3.26. The van der Waals surface area contributed by atoms with E-state index in [0.29, 0.717) is 25.2 Å². The zero-order chi connectivity index (χ0) is 18.1. The fourth-order valence-corrected chi connectivity index (χ4v) is 2.91. The Kier molecular flexibility index (Phi) is 4.11. The largest absolute Gasteiger partial charge is 0.378 e. The number of carbonyl (C=O) groups is 1. The lowest BCUT2D eigenvalue weighted by Gasteiger charge is -2.38. The minimum Gasteiger partial charge on any atom is -0.378 e. The number of carbonyl (C=O) groups excluding carboxylic acids is 1. The van der Waals surface area contributed by atoms with Gasteiger partial charge in [0.05, 0.1) is 24.6 Å². The monoisotopic (exact) mass is 352 g/mol. The molecule has 2 aromatic heterocycles. The van der Waals surface area contributed by atoms with Gasteiger partial charge in [0, 0.05) is 38.4 Å². The van der Waals surface area contributed by atoms with Crippen molar-refractivity contribution in [1.29, 1.82) is 0 Å². The highest BCUT2D eigenvalue weighted by molar-refractivity contribution is 5.95. The van der Waals surface area contributed by atoms with E-state index in [4.69, 9.17) is 0 Å². The molecule has 9 nitrogen and oxygen atoms in total. The van der Waals surface area contributed by atoms with Gasteiger partial charge in [-0.05, 0) is 24.3 Å². The summed E-state index contributed by atoms with van der Waals surface area (Å²) in [5.74, 6) is 0.0487. The van der Waals surface area contributed by atoms with E-state index < -0.39 is 0 Å². The van der Waals surface area contributed by atoms with Crippen LogP contribution in [0.3, 0.4) is 0 Å². The Balaban J connectivity index is 1.34. The maximum absolute atomic E-state index is 12.5. The quantitative estimate of drug-likeness (QED) is 0.671. The molecule has 0 unspecified atom stereocenters. The van der Waals surface area contributed by atoms with Gasteiger partial charge in [-0.2, -0.15) is 15.0 Å². The van der Waals surface area contributed by atoms with Gasteiger partial charge in [-0.1, -0.05) is 5.21 Å². The molecule has 0 spiro atoms. The lowest BCUT2D eigenvalue weighted by atomic mass is 10.1. The summed E-state index contributed by atoms with van der Waals surface area (Å²) in [5.41, 5.74) is 2.58. The van der Waals surface area contributed by atoms with E-state index in [-0.39, 0.29) is 11.9 Å². The lowest BCUT2D eigenvalue weighted by molar-refractivity contribution is 0.0498. The molecule has 3 heterocycles. The van der Waals surface area contributed by atoms with E-state index in [1.807, 2.05) is 59.0 Å². The van der Waals surface area contributed by atoms with Crippen LogP contribution in [0.1, 0.15) is 22.1 Å².